The van der Waals surface area contributed by atoms with Crippen LogP contribution in [0.15, 0.2) is 12.3 Å². The van der Waals surface area contributed by atoms with Gasteiger partial charge in [0, 0.05) is 24.9 Å². The maximum atomic E-state index is 12.1. The minimum atomic E-state index is 0.0812. The first-order chi connectivity index (χ1) is 8.72. The first kappa shape index (κ1) is 13.0. The molecule has 2 rings (SSSR count). The van der Waals surface area contributed by atoms with E-state index in [1.807, 2.05) is 24.8 Å². The zero-order valence-electron chi connectivity index (χ0n) is 11.2. The molecular weight excluding hydrogens is 226 g/mol. The van der Waals surface area contributed by atoms with Gasteiger partial charge < -0.3 is 4.90 Å². The average Bonchev–Trinajstić information content (AvgIpc) is 2.39. The Hall–Kier alpha value is -1.45. The molecule has 1 fully saturated rings. The fourth-order valence-electron chi connectivity index (χ4n) is 2.48. The van der Waals surface area contributed by atoms with E-state index in [-0.39, 0.29) is 11.9 Å². The van der Waals surface area contributed by atoms with Gasteiger partial charge in [0.25, 0.3) is 0 Å². The minimum Gasteiger partial charge on any atom is -0.332 e. The Kier molecular flexibility index (Phi) is 4.28. The number of hydrogen-bond acceptors (Lipinski definition) is 3. The number of carbonyl (C=O) groups excluding carboxylic acids is 1. The van der Waals surface area contributed by atoms with E-state index in [2.05, 4.69) is 9.97 Å². The SMILES string of the molecule is CCCC(=O)N1CCCC[C@H]1c1nccc(C)n1. The van der Waals surface area contributed by atoms with E-state index in [1.54, 1.807) is 6.20 Å². The summed E-state index contributed by atoms with van der Waals surface area (Å²) in [5.74, 6) is 1.05. The second-order valence-electron chi connectivity index (χ2n) is 4.90. The Balaban J connectivity index is 2.20. The predicted octanol–water partition coefficient (Wildman–Crippen LogP) is 2.64. The zero-order chi connectivity index (χ0) is 13.0. The van der Waals surface area contributed by atoms with E-state index >= 15 is 0 Å². The van der Waals surface area contributed by atoms with Crippen LogP contribution < -0.4 is 0 Å². The highest BCUT2D eigenvalue weighted by molar-refractivity contribution is 5.76. The number of rotatable bonds is 3. The second kappa shape index (κ2) is 5.94. The third-order valence-corrected chi connectivity index (χ3v) is 3.40. The zero-order valence-corrected chi connectivity index (χ0v) is 11.2. The number of amides is 1. The maximum absolute atomic E-state index is 12.1. The van der Waals surface area contributed by atoms with Crippen molar-refractivity contribution in [2.75, 3.05) is 6.54 Å². The molecule has 2 heterocycles. The molecule has 1 aliphatic heterocycles. The molecule has 4 nitrogen and oxygen atoms in total. The lowest BCUT2D eigenvalue weighted by atomic mass is 10.0. The summed E-state index contributed by atoms with van der Waals surface area (Å²) >= 11 is 0. The van der Waals surface area contributed by atoms with Crippen molar-refractivity contribution in [2.24, 2.45) is 0 Å². The van der Waals surface area contributed by atoms with Crippen molar-refractivity contribution in [1.82, 2.24) is 14.9 Å². The summed E-state index contributed by atoms with van der Waals surface area (Å²) in [5.41, 5.74) is 0.966. The lowest BCUT2D eigenvalue weighted by molar-refractivity contribution is -0.135. The average molecular weight is 247 g/mol. The molecule has 1 aromatic heterocycles. The maximum Gasteiger partial charge on any atom is 0.223 e. The van der Waals surface area contributed by atoms with Gasteiger partial charge in [-0.1, -0.05) is 6.92 Å². The molecule has 1 aromatic rings. The lowest BCUT2D eigenvalue weighted by Crippen LogP contribution is -2.39. The number of nitrogens with zero attached hydrogens (tertiary/aromatic N) is 3. The number of likely N-dealkylation sites (tertiary alicyclic amines) is 1. The van der Waals surface area contributed by atoms with Crippen LogP contribution in [-0.4, -0.2) is 27.3 Å². The normalized spacial score (nSPS) is 19.9. The smallest absolute Gasteiger partial charge is 0.223 e. The Morgan fingerprint density at radius 2 is 2.33 bits per heavy atom. The van der Waals surface area contributed by atoms with Crippen molar-refractivity contribution < 1.29 is 4.79 Å². The van der Waals surface area contributed by atoms with E-state index in [4.69, 9.17) is 0 Å². The fourth-order valence-corrected chi connectivity index (χ4v) is 2.48. The molecule has 0 bridgehead atoms. The van der Waals surface area contributed by atoms with Gasteiger partial charge in [0.1, 0.15) is 0 Å². The molecule has 1 aliphatic rings. The van der Waals surface area contributed by atoms with Crippen LogP contribution in [-0.2, 0) is 4.79 Å². The van der Waals surface area contributed by atoms with Gasteiger partial charge in [-0.15, -0.1) is 0 Å². The molecule has 1 saturated heterocycles. The van der Waals surface area contributed by atoms with Gasteiger partial charge in [-0.3, -0.25) is 4.79 Å². The molecule has 4 heteroatoms. The van der Waals surface area contributed by atoms with E-state index in [9.17, 15) is 4.79 Å². The Bertz CT molecular complexity index is 419. The van der Waals surface area contributed by atoms with Gasteiger partial charge >= 0.3 is 0 Å². The predicted molar refractivity (Wildman–Crippen MR) is 70.0 cm³/mol. The molecule has 1 amide bonds. The van der Waals surface area contributed by atoms with Crippen LogP contribution in [0.5, 0.6) is 0 Å². The van der Waals surface area contributed by atoms with E-state index in [1.165, 1.54) is 0 Å². The lowest BCUT2D eigenvalue weighted by Gasteiger charge is -2.34. The highest BCUT2D eigenvalue weighted by Crippen LogP contribution is 2.29. The number of piperidine rings is 1. The van der Waals surface area contributed by atoms with Gasteiger partial charge in [0.2, 0.25) is 5.91 Å². The van der Waals surface area contributed by atoms with Crippen molar-refractivity contribution >= 4 is 5.91 Å². The van der Waals surface area contributed by atoms with Crippen molar-refractivity contribution in [3.05, 3.63) is 23.8 Å². The molecular formula is C14H21N3O. The molecule has 0 aromatic carbocycles. The van der Waals surface area contributed by atoms with Crippen molar-refractivity contribution in [1.29, 1.82) is 0 Å². The first-order valence-corrected chi connectivity index (χ1v) is 6.81. The second-order valence-corrected chi connectivity index (χ2v) is 4.90. The highest BCUT2D eigenvalue weighted by atomic mass is 16.2. The highest BCUT2D eigenvalue weighted by Gasteiger charge is 2.29. The van der Waals surface area contributed by atoms with Gasteiger partial charge in [-0.2, -0.15) is 0 Å². The summed E-state index contributed by atoms with van der Waals surface area (Å²) < 4.78 is 0. The first-order valence-electron chi connectivity index (χ1n) is 6.81. The molecule has 0 radical (unpaired) electrons. The molecule has 98 valence electrons. The number of aromatic nitrogens is 2. The molecule has 0 unspecified atom stereocenters. The van der Waals surface area contributed by atoms with Crippen molar-refractivity contribution in [3.63, 3.8) is 0 Å². The number of carbonyl (C=O) groups is 1. The quantitative estimate of drug-likeness (QED) is 0.825. The van der Waals surface area contributed by atoms with Crippen LogP contribution in [0.4, 0.5) is 0 Å². The van der Waals surface area contributed by atoms with Gasteiger partial charge in [0.05, 0.1) is 6.04 Å². The summed E-state index contributed by atoms with van der Waals surface area (Å²) in [6.45, 7) is 4.85. The van der Waals surface area contributed by atoms with Crippen molar-refractivity contribution in [3.8, 4) is 0 Å². The Labute approximate surface area is 108 Å². The Morgan fingerprint density at radius 3 is 3.06 bits per heavy atom. The van der Waals surface area contributed by atoms with Crippen molar-refractivity contribution in [2.45, 2.75) is 52.0 Å². The monoisotopic (exact) mass is 247 g/mol. The summed E-state index contributed by atoms with van der Waals surface area (Å²) in [7, 11) is 0. The number of aryl methyl sites for hydroxylation is 1. The molecule has 1 atom stereocenters. The van der Waals surface area contributed by atoms with Crippen LogP contribution >= 0.6 is 0 Å². The minimum absolute atomic E-state index is 0.0812. The molecule has 0 spiro atoms. The summed E-state index contributed by atoms with van der Waals surface area (Å²) in [6, 6.07) is 1.97. The Morgan fingerprint density at radius 1 is 1.50 bits per heavy atom. The third kappa shape index (κ3) is 2.86. The summed E-state index contributed by atoms with van der Waals surface area (Å²) in [4.78, 5) is 22.9. The van der Waals surface area contributed by atoms with Crippen LogP contribution in [0, 0.1) is 6.92 Å². The molecule has 0 saturated carbocycles. The van der Waals surface area contributed by atoms with Crippen LogP contribution in [0.2, 0.25) is 0 Å². The van der Waals surface area contributed by atoms with E-state index in [0.29, 0.717) is 6.42 Å². The standard InChI is InChI=1S/C14H21N3O/c1-3-6-13(18)17-10-5-4-7-12(17)14-15-9-8-11(2)16-14/h8-9,12H,3-7,10H2,1-2H3/t12-/m0/s1. The van der Waals surface area contributed by atoms with Gasteiger partial charge in [-0.25, -0.2) is 9.97 Å². The third-order valence-electron chi connectivity index (χ3n) is 3.40. The topological polar surface area (TPSA) is 46.1 Å². The fraction of sp³-hybridized carbons (Fsp3) is 0.643. The molecule has 0 N–H and O–H groups in total. The number of hydrogen-bond donors (Lipinski definition) is 0. The summed E-state index contributed by atoms with van der Waals surface area (Å²) in [6.07, 6.45) is 6.54. The summed E-state index contributed by atoms with van der Waals surface area (Å²) in [5, 5.41) is 0. The van der Waals surface area contributed by atoms with E-state index in [0.717, 1.165) is 43.7 Å². The van der Waals surface area contributed by atoms with Gasteiger partial charge in [0.15, 0.2) is 5.82 Å². The molecule has 0 aliphatic carbocycles. The molecule has 18 heavy (non-hydrogen) atoms. The van der Waals surface area contributed by atoms with Gasteiger partial charge in [-0.05, 0) is 38.7 Å². The van der Waals surface area contributed by atoms with E-state index < -0.39 is 0 Å². The van der Waals surface area contributed by atoms with Crippen LogP contribution in [0.25, 0.3) is 0 Å². The largest absolute Gasteiger partial charge is 0.332 e. The van der Waals surface area contributed by atoms with Crippen LogP contribution in [0.1, 0.15) is 56.6 Å². The van der Waals surface area contributed by atoms with Crippen LogP contribution in [0.3, 0.4) is 0 Å².